The molecule has 0 unspecified atom stereocenters. The Hall–Kier alpha value is -2.71. The summed E-state index contributed by atoms with van der Waals surface area (Å²) in [5.41, 5.74) is 2.48. The Morgan fingerprint density at radius 3 is 2.57 bits per heavy atom. The Labute approximate surface area is 170 Å². The van der Waals surface area contributed by atoms with Crippen molar-refractivity contribution in [3.05, 3.63) is 57.1 Å². The lowest BCUT2D eigenvalue weighted by Gasteiger charge is -2.09. The summed E-state index contributed by atoms with van der Waals surface area (Å²) in [7, 11) is 1.53. The molecular weight excluding hydrogens is 402 g/mol. The number of hydrogen-bond acceptors (Lipinski definition) is 7. The highest BCUT2D eigenvalue weighted by molar-refractivity contribution is 8.14. The first-order valence-electron chi connectivity index (χ1n) is 8.26. The van der Waals surface area contributed by atoms with Crippen LogP contribution in [0.15, 0.2) is 46.6 Å². The van der Waals surface area contributed by atoms with Gasteiger partial charge in [0.2, 0.25) is 0 Å². The van der Waals surface area contributed by atoms with Crippen molar-refractivity contribution in [2.75, 3.05) is 12.9 Å². The number of rotatable bonds is 6. The Morgan fingerprint density at radius 2 is 1.89 bits per heavy atom. The molecule has 0 atom stereocenters. The molecule has 144 valence electrons. The van der Waals surface area contributed by atoms with Gasteiger partial charge in [0.05, 0.1) is 23.5 Å². The van der Waals surface area contributed by atoms with Crippen molar-refractivity contribution in [1.82, 2.24) is 0 Å². The zero-order chi connectivity index (χ0) is 20.3. The number of nitrogens with zero attached hydrogens (tertiary/aromatic N) is 3. The van der Waals surface area contributed by atoms with E-state index in [-0.39, 0.29) is 11.5 Å². The van der Waals surface area contributed by atoms with Gasteiger partial charge in [-0.05, 0) is 42.3 Å². The molecule has 1 aliphatic heterocycles. The molecule has 1 heterocycles. The molecule has 2 aromatic rings. The van der Waals surface area contributed by atoms with Gasteiger partial charge < -0.3 is 4.74 Å². The highest BCUT2D eigenvalue weighted by Gasteiger charge is 2.20. The normalized spacial score (nSPS) is 13.1. The van der Waals surface area contributed by atoms with Crippen LogP contribution in [-0.4, -0.2) is 34.3 Å². The molecule has 0 saturated heterocycles. The van der Waals surface area contributed by atoms with Crippen LogP contribution in [0.2, 0.25) is 5.02 Å². The largest absolute Gasteiger partial charge is 0.497 e. The van der Waals surface area contributed by atoms with Crippen LogP contribution in [0.1, 0.15) is 18.9 Å². The van der Waals surface area contributed by atoms with Crippen LogP contribution in [0.5, 0.6) is 5.75 Å². The number of benzene rings is 2. The van der Waals surface area contributed by atoms with Crippen LogP contribution >= 0.6 is 23.4 Å². The van der Waals surface area contributed by atoms with Crippen molar-refractivity contribution in [1.29, 1.82) is 0 Å². The molecule has 0 aliphatic carbocycles. The summed E-state index contributed by atoms with van der Waals surface area (Å²) in [6.07, 6.45) is 0.428. The van der Waals surface area contributed by atoms with Gasteiger partial charge in [0, 0.05) is 29.1 Å². The molecule has 7 nitrogen and oxygen atoms in total. The first kappa shape index (κ1) is 20.0. The molecule has 28 heavy (non-hydrogen) atoms. The number of carbonyl (C=O) groups excluding carboxylic acids is 1. The van der Waals surface area contributed by atoms with E-state index in [1.165, 1.54) is 37.9 Å². The number of methoxy groups -OCH3 is 1. The molecule has 1 aliphatic rings. The van der Waals surface area contributed by atoms with Gasteiger partial charge in [-0.3, -0.25) is 14.9 Å². The lowest BCUT2D eigenvalue weighted by atomic mass is 9.99. The van der Waals surface area contributed by atoms with E-state index in [1.54, 1.807) is 18.2 Å². The Kier molecular flexibility index (Phi) is 6.11. The molecule has 0 amide bonds. The quantitative estimate of drug-likeness (QED) is 0.499. The van der Waals surface area contributed by atoms with Crippen molar-refractivity contribution in [2.45, 2.75) is 13.3 Å². The number of ketones is 1. The molecule has 0 radical (unpaired) electrons. The molecule has 0 N–H and O–H groups in total. The average Bonchev–Trinajstić information content (AvgIpc) is 3.14. The maximum Gasteiger partial charge on any atom is 0.270 e. The molecular formula is C19H16ClN3O4S. The van der Waals surface area contributed by atoms with Crippen molar-refractivity contribution in [3.63, 3.8) is 0 Å². The van der Waals surface area contributed by atoms with Gasteiger partial charge in [0.1, 0.15) is 16.6 Å². The molecule has 9 heteroatoms. The molecule has 0 bridgehead atoms. The summed E-state index contributed by atoms with van der Waals surface area (Å²) in [4.78, 5) is 22.1. The predicted octanol–water partition coefficient (Wildman–Crippen LogP) is 4.75. The highest BCUT2D eigenvalue weighted by atomic mass is 35.5. The van der Waals surface area contributed by atoms with Crippen LogP contribution in [0.25, 0.3) is 11.1 Å². The van der Waals surface area contributed by atoms with Gasteiger partial charge in [-0.25, -0.2) is 0 Å². The standard InChI is InChI=1S/C19H16ClN3O4S/c1-11(24)10-28-19-9-18(21-22-19)14-3-12(5-16(6-14)23(25)26)13-4-15(20)8-17(7-13)27-2/h3-8H,9-10H2,1-2H3. The third-order valence-electron chi connectivity index (χ3n) is 3.95. The number of nitro benzene ring substituents is 1. The fraction of sp³-hybridized carbons (Fsp3) is 0.211. The maximum atomic E-state index is 11.4. The van der Waals surface area contributed by atoms with Gasteiger partial charge in [-0.2, -0.15) is 5.10 Å². The van der Waals surface area contributed by atoms with E-state index in [0.29, 0.717) is 50.4 Å². The molecule has 0 aromatic heterocycles. The summed E-state index contributed by atoms with van der Waals surface area (Å²) in [6, 6.07) is 9.90. The minimum Gasteiger partial charge on any atom is -0.497 e. The fourth-order valence-electron chi connectivity index (χ4n) is 2.65. The van der Waals surface area contributed by atoms with E-state index < -0.39 is 4.92 Å². The third kappa shape index (κ3) is 4.76. The van der Waals surface area contributed by atoms with Crippen LogP contribution in [0.3, 0.4) is 0 Å². The maximum absolute atomic E-state index is 11.4. The molecule has 0 spiro atoms. The fourth-order valence-corrected chi connectivity index (χ4v) is 3.58. The summed E-state index contributed by atoms with van der Waals surface area (Å²) < 4.78 is 5.23. The van der Waals surface area contributed by atoms with Gasteiger partial charge in [0.25, 0.3) is 5.69 Å². The number of thioether (sulfide) groups is 1. The van der Waals surface area contributed by atoms with E-state index in [9.17, 15) is 14.9 Å². The first-order chi connectivity index (χ1) is 13.4. The second-order valence-electron chi connectivity index (χ2n) is 6.11. The number of Topliss-reactive ketones (excluding diaryl/α,β-unsaturated/α-hetero) is 1. The number of halogens is 1. The lowest BCUT2D eigenvalue weighted by Crippen LogP contribution is -2.05. The number of carbonyl (C=O) groups is 1. The van der Waals surface area contributed by atoms with Crippen LogP contribution in [0.4, 0.5) is 5.69 Å². The minimum absolute atomic E-state index is 0.0497. The summed E-state index contributed by atoms with van der Waals surface area (Å²) in [5.74, 6) is 0.929. The van der Waals surface area contributed by atoms with Crippen LogP contribution in [-0.2, 0) is 4.79 Å². The highest BCUT2D eigenvalue weighted by Crippen LogP contribution is 2.32. The van der Waals surface area contributed by atoms with Crippen molar-refractivity contribution in [2.24, 2.45) is 10.2 Å². The van der Waals surface area contributed by atoms with Crippen molar-refractivity contribution in [3.8, 4) is 16.9 Å². The van der Waals surface area contributed by atoms with E-state index in [4.69, 9.17) is 16.3 Å². The second-order valence-corrected chi connectivity index (χ2v) is 7.60. The van der Waals surface area contributed by atoms with E-state index in [1.807, 2.05) is 6.07 Å². The predicted molar refractivity (Wildman–Crippen MR) is 112 cm³/mol. The Bertz CT molecular complexity index is 1020. The number of ether oxygens (including phenoxy) is 1. The monoisotopic (exact) mass is 417 g/mol. The molecule has 0 saturated carbocycles. The van der Waals surface area contributed by atoms with E-state index >= 15 is 0 Å². The van der Waals surface area contributed by atoms with Crippen LogP contribution in [0, 0.1) is 10.1 Å². The zero-order valence-corrected chi connectivity index (χ0v) is 16.7. The summed E-state index contributed by atoms with van der Waals surface area (Å²) >= 11 is 7.47. The van der Waals surface area contributed by atoms with E-state index in [2.05, 4.69) is 10.2 Å². The Balaban J connectivity index is 1.95. The lowest BCUT2D eigenvalue weighted by molar-refractivity contribution is -0.384. The molecule has 0 fully saturated rings. The third-order valence-corrected chi connectivity index (χ3v) is 5.27. The second kappa shape index (κ2) is 8.53. The minimum atomic E-state index is -0.448. The van der Waals surface area contributed by atoms with Gasteiger partial charge >= 0.3 is 0 Å². The summed E-state index contributed by atoms with van der Waals surface area (Å²) in [5, 5.41) is 20.8. The van der Waals surface area contributed by atoms with Gasteiger partial charge in [-0.15, -0.1) is 16.9 Å². The number of non-ortho nitro benzene ring substituents is 1. The van der Waals surface area contributed by atoms with Gasteiger partial charge in [0.15, 0.2) is 0 Å². The SMILES string of the molecule is COc1cc(Cl)cc(-c2cc(C3=NN=C(SCC(C)=O)C3)cc([N+](=O)[O-])c2)c1. The number of hydrogen-bond donors (Lipinski definition) is 0. The van der Waals surface area contributed by atoms with Gasteiger partial charge in [-0.1, -0.05) is 11.6 Å². The topological polar surface area (TPSA) is 94.2 Å². The smallest absolute Gasteiger partial charge is 0.270 e. The number of nitro groups is 1. The van der Waals surface area contributed by atoms with E-state index in [0.717, 1.165) is 0 Å². The summed E-state index contributed by atoms with van der Waals surface area (Å²) in [6.45, 7) is 1.51. The van der Waals surface area contributed by atoms with Crippen molar-refractivity contribution < 1.29 is 14.5 Å². The molecule has 2 aromatic carbocycles. The Morgan fingerprint density at radius 1 is 1.18 bits per heavy atom. The molecule has 3 rings (SSSR count). The first-order valence-corrected chi connectivity index (χ1v) is 9.62. The zero-order valence-electron chi connectivity index (χ0n) is 15.1. The average molecular weight is 418 g/mol. The van der Waals surface area contributed by atoms with Crippen molar-refractivity contribution >= 4 is 45.6 Å². The van der Waals surface area contributed by atoms with Crippen LogP contribution < -0.4 is 4.74 Å².